The number of benzene rings is 9. The predicted molar refractivity (Wildman–Crippen MR) is 237 cm³/mol. The van der Waals surface area contributed by atoms with Gasteiger partial charge >= 0.3 is 0 Å². The van der Waals surface area contributed by atoms with Crippen LogP contribution in [0.2, 0.25) is 0 Å². The van der Waals surface area contributed by atoms with E-state index in [0.717, 1.165) is 61.3 Å². The minimum atomic E-state index is 0.632. The van der Waals surface area contributed by atoms with E-state index in [9.17, 15) is 0 Å². The molecule has 9 aromatic carbocycles. The molecule has 0 aliphatic heterocycles. The highest BCUT2D eigenvalue weighted by molar-refractivity contribution is 6.11. The van der Waals surface area contributed by atoms with Crippen LogP contribution in [0.4, 0.5) is 17.1 Å². The lowest BCUT2D eigenvalue weighted by Gasteiger charge is -2.26. The Kier molecular flexibility index (Phi) is 7.78. The van der Waals surface area contributed by atoms with E-state index < -0.39 is 0 Å². The van der Waals surface area contributed by atoms with Crippen LogP contribution in [0.3, 0.4) is 0 Å². The molecule has 4 heteroatoms. The zero-order chi connectivity index (χ0) is 37.7. The lowest BCUT2D eigenvalue weighted by atomic mass is 9.97. The van der Waals surface area contributed by atoms with Gasteiger partial charge in [0.25, 0.3) is 0 Å². The van der Waals surface area contributed by atoms with Crippen molar-refractivity contribution in [3.63, 3.8) is 0 Å². The van der Waals surface area contributed by atoms with Crippen molar-refractivity contribution >= 4 is 60.7 Å². The van der Waals surface area contributed by atoms with E-state index in [1.807, 2.05) is 30.3 Å². The Morgan fingerprint density at radius 1 is 0.386 bits per heavy atom. The van der Waals surface area contributed by atoms with Gasteiger partial charge in [-0.2, -0.15) is 0 Å². The summed E-state index contributed by atoms with van der Waals surface area (Å²) < 4.78 is 8.78. The van der Waals surface area contributed by atoms with Crippen LogP contribution in [0.25, 0.3) is 83.1 Å². The molecular formula is C53H35N3O. The molecule has 0 amide bonds. The molecular weight excluding hydrogens is 695 g/mol. The maximum absolute atomic E-state index is 6.41. The average molecular weight is 730 g/mol. The standard InChI is InChI=1S/C53H35N3O/c1-4-14-36(15-5-1)39-18-12-21-42(34-39)55(43-30-33-51-48(35-43)46-22-10-11-25-50(46)56(51)40-19-8-3-9-20-40)41-28-26-37(27-29-41)44-23-13-24-47-45(44)31-32-49-52(47)57-53(54-49)38-16-6-2-7-17-38/h1-35H. The largest absolute Gasteiger partial charge is 0.435 e. The highest BCUT2D eigenvalue weighted by Gasteiger charge is 2.19. The lowest BCUT2D eigenvalue weighted by Crippen LogP contribution is -2.10. The van der Waals surface area contributed by atoms with Gasteiger partial charge < -0.3 is 13.9 Å². The summed E-state index contributed by atoms with van der Waals surface area (Å²) >= 11 is 0. The zero-order valence-corrected chi connectivity index (χ0v) is 31.0. The summed E-state index contributed by atoms with van der Waals surface area (Å²) in [6.45, 7) is 0. The molecule has 0 fully saturated rings. The Bertz CT molecular complexity index is 3220. The van der Waals surface area contributed by atoms with Crippen LogP contribution in [-0.4, -0.2) is 9.55 Å². The molecule has 0 saturated carbocycles. The van der Waals surface area contributed by atoms with Gasteiger partial charge in [0.2, 0.25) is 5.89 Å². The highest BCUT2D eigenvalue weighted by atomic mass is 16.3. The molecule has 0 unspecified atom stereocenters. The number of rotatable bonds is 7. The lowest BCUT2D eigenvalue weighted by molar-refractivity contribution is 0.623. The van der Waals surface area contributed by atoms with Gasteiger partial charge in [-0.3, -0.25) is 0 Å². The summed E-state index contributed by atoms with van der Waals surface area (Å²) in [6.07, 6.45) is 0. The molecule has 268 valence electrons. The van der Waals surface area contributed by atoms with E-state index in [4.69, 9.17) is 9.40 Å². The smallest absolute Gasteiger partial charge is 0.227 e. The molecule has 11 aromatic rings. The van der Waals surface area contributed by atoms with Crippen LogP contribution in [0.1, 0.15) is 0 Å². The van der Waals surface area contributed by atoms with Crippen molar-refractivity contribution in [2.45, 2.75) is 0 Å². The van der Waals surface area contributed by atoms with E-state index >= 15 is 0 Å². The summed E-state index contributed by atoms with van der Waals surface area (Å²) in [5.74, 6) is 0.632. The van der Waals surface area contributed by atoms with E-state index in [2.05, 4.69) is 191 Å². The fourth-order valence-corrected chi connectivity index (χ4v) is 8.35. The fraction of sp³-hybridized carbons (Fsp3) is 0. The fourth-order valence-electron chi connectivity index (χ4n) is 8.35. The summed E-state index contributed by atoms with van der Waals surface area (Å²) in [5.41, 5.74) is 14.0. The molecule has 2 aromatic heterocycles. The third-order valence-corrected chi connectivity index (χ3v) is 11.0. The molecule has 0 saturated heterocycles. The molecule has 57 heavy (non-hydrogen) atoms. The first kappa shape index (κ1) is 32.7. The summed E-state index contributed by atoms with van der Waals surface area (Å²) in [4.78, 5) is 7.20. The van der Waals surface area contributed by atoms with Crippen LogP contribution >= 0.6 is 0 Å². The van der Waals surface area contributed by atoms with Gasteiger partial charge in [-0.05, 0) is 107 Å². The normalized spacial score (nSPS) is 11.5. The Labute approximate surface area is 330 Å². The number of hydrogen-bond acceptors (Lipinski definition) is 3. The predicted octanol–water partition coefficient (Wildman–Crippen LogP) is 14.5. The first-order valence-electron chi connectivity index (χ1n) is 19.3. The maximum atomic E-state index is 6.41. The number of hydrogen-bond donors (Lipinski definition) is 0. The van der Waals surface area contributed by atoms with Crippen molar-refractivity contribution in [1.29, 1.82) is 0 Å². The van der Waals surface area contributed by atoms with Crippen LogP contribution < -0.4 is 4.90 Å². The monoisotopic (exact) mass is 729 g/mol. The van der Waals surface area contributed by atoms with Crippen molar-refractivity contribution < 1.29 is 4.42 Å². The topological polar surface area (TPSA) is 34.2 Å². The average Bonchev–Trinajstić information content (AvgIpc) is 3.88. The molecule has 0 atom stereocenters. The number of anilines is 3. The number of nitrogens with zero attached hydrogens (tertiary/aromatic N) is 3. The maximum Gasteiger partial charge on any atom is 0.227 e. The zero-order valence-electron chi connectivity index (χ0n) is 31.0. The van der Waals surface area contributed by atoms with Crippen molar-refractivity contribution in [2.75, 3.05) is 4.90 Å². The second-order valence-corrected chi connectivity index (χ2v) is 14.4. The first-order valence-corrected chi connectivity index (χ1v) is 19.3. The van der Waals surface area contributed by atoms with E-state index in [0.29, 0.717) is 5.89 Å². The van der Waals surface area contributed by atoms with E-state index in [1.54, 1.807) is 0 Å². The third kappa shape index (κ3) is 5.66. The number of para-hydroxylation sites is 2. The third-order valence-electron chi connectivity index (χ3n) is 11.0. The number of aromatic nitrogens is 2. The Hall–Kier alpha value is -7.69. The van der Waals surface area contributed by atoms with Crippen LogP contribution in [0.5, 0.6) is 0 Å². The van der Waals surface area contributed by atoms with Gasteiger partial charge in [-0.25, -0.2) is 4.98 Å². The van der Waals surface area contributed by atoms with Crippen molar-refractivity contribution in [2.24, 2.45) is 0 Å². The van der Waals surface area contributed by atoms with Crippen molar-refractivity contribution in [3.8, 4) is 39.4 Å². The molecule has 0 N–H and O–H groups in total. The quantitative estimate of drug-likeness (QED) is 0.164. The highest BCUT2D eigenvalue weighted by Crippen LogP contribution is 2.42. The summed E-state index contributed by atoms with van der Waals surface area (Å²) in [7, 11) is 0. The Morgan fingerprint density at radius 3 is 1.82 bits per heavy atom. The van der Waals surface area contributed by atoms with Gasteiger partial charge in [0.05, 0.1) is 11.0 Å². The number of oxazole rings is 1. The first-order chi connectivity index (χ1) is 28.3. The molecule has 0 aliphatic carbocycles. The summed E-state index contributed by atoms with van der Waals surface area (Å²) in [6, 6.07) is 75.3. The van der Waals surface area contributed by atoms with Gasteiger partial charge in [0.1, 0.15) is 5.52 Å². The van der Waals surface area contributed by atoms with Crippen LogP contribution in [0, 0.1) is 0 Å². The molecule has 0 radical (unpaired) electrons. The van der Waals surface area contributed by atoms with Crippen LogP contribution in [-0.2, 0) is 0 Å². The molecule has 2 heterocycles. The minimum Gasteiger partial charge on any atom is -0.435 e. The van der Waals surface area contributed by atoms with Gasteiger partial charge in [0.15, 0.2) is 5.58 Å². The van der Waals surface area contributed by atoms with Crippen molar-refractivity contribution in [1.82, 2.24) is 9.55 Å². The minimum absolute atomic E-state index is 0.632. The van der Waals surface area contributed by atoms with Gasteiger partial charge in [0, 0.05) is 44.5 Å². The van der Waals surface area contributed by atoms with E-state index in [1.165, 1.54) is 32.9 Å². The molecule has 4 nitrogen and oxygen atoms in total. The van der Waals surface area contributed by atoms with Gasteiger partial charge in [-0.1, -0.05) is 133 Å². The van der Waals surface area contributed by atoms with Crippen molar-refractivity contribution in [3.05, 3.63) is 212 Å². The number of fused-ring (bicyclic) bond motifs is 6. The second-order valence-electron chi connectivity index (χ2n) is 14.4. The van der Waals surface area contributed by atoms with Gasteiger partial charge in [-0.15, -0.1) is 0 Å². The molecule has 0 aliphatic rings. The molecule has 11 rings (SSSR count). The van der Waals surface area contributed by atoms with Crippen LogP contribution in [0.15, 0.2) is 217 Å². The molecule has 0 spiro atoms. The Morgan fingerprint density at radius 2 is 1.02 bits per heavy atom. The van der Waals surface area contributed by atoms with E-state index in [-0.39, 0.29) is 0 Å². The Balaban J connectivity index is 1.05. The molecule has 0 bridgehead atoms. The summed E-state index contributed by atoms with van der Waals surface area (Å²) in [5, 5.41) is 4.60. The SMILES string of the molecule is c1ccc(-c2cccc(N(c3ccc(-c4cccc5c4ccc4nc(-c6ccccc6)oc45)cc3)c3ccc4c(c3)c3ccccc3n4-c3ccccc3)c2)cc1. The second kappa shape index (κ2) is 13.6.